The van der Waals surface area contributed by atoms with Gasteiger partial charge >= 0.3 is 0 Å². The average Bonchev–Trinajstić information content (AvgIpc) is 2.74. The molecule has 2 heterocycles. The van der Waals surface area contributed by atoms with Crippen LogP contribution in [0.25, 0.3) is 11.1 Å². The van der Waals surface area contributed by atoms with Gasteiger partial charge in [0.2, 0.25) is 5.91 Å². The van der Waals surface area contributed by atoms with E-state index in [2.05, 4.69) is 11.4 Å². The van der Waals surface area contributed by atoms with Crippen molar-refractivity contribution in [2.24, 2.45) is 5.73 Å². The Balaban J connectivity index is 1.50. The molecule has 0 spiro atoms. The number of carbonyl (C=O) groups is 1. The molecule has 156 valence electrons. The monoisotopic (exact) mass is 413 g/mol. The van der Waals surface area contributed by atoms with Gasteiger partial charge in [-0.2, -0.15) is 5.26 Å². The molecule has 0 unspecified atom stereocenters. The summed E-state index contributed by atoms with van der Waals surface area (Å²) in [5.74, 6) is -1.67. The standard InChI is InChI=1S/C22H21F2N3O3/c23-18-9-14-12-30-20-8-13(1-2-16(20)17(14)10-19(18)24)7-15(11-25)27-21(28)22(26)3-5-29-6-4-22/h1-2,8-10,15H,3-7,12,26H2,(H,27,28)/t15-/m1/s1. The number of nitriles is 1. The number of amides is 1. The van der Waals surface area contributed by atoms with Crippen LogP contribution in [0.2, 0.25) is 0 Å². The topological polar surface area (TPSA) is 97.4 Å². The molecule has 8 heteroatoms. The lowest BCUT2D eigenvalue weighted by Crippen LogP contribution is -2.58. The first-order chi connectivity index (χ1) is 14.4. The third-order valence-corrected chi connectivity index (χ3v) is 5.60. The van der Waals surface area contributed by atoms with Crippen molar-refractivity contribution in [2.45, 2.75) is 37.5 Å². The zero-order valence-electron chi connectivity index (χ0n) is 16.2. The number of nitrogens with two attached hydrogens (primary N) is 1. The summed E-state index contributed by atoms with van der Waals surface area (Å²) >= 11 is 0. The predicted molar refractivity (Wildman–Crippen MR) is 104 cm³/mol. The smallest absolute Gasteiger partial charge is 0.241 e. The molecule has 6 nitrogen and oxygen atoms in total. The minimum atomic E-state index is -1.03. The molecule has 1 amide bonds. The number of benzene rings is 2. The number of halogens is 2. The summed E-state index contributed by atoms with van der Waals surface area (Å²) in [6.07, 6.45) is 1.07. The maximum absolute atomic E-state index is 13.7. The van der Waals surface area contributed by atoms with Crippen molar-refractivity contribution in [3.63, 3.8) is 0 Å². The first-order valence-corrected chi connectivity index (χ1v) is 9.71. The van der Waals surface area contributed by atoms with E-state index in [1.807, 2.05) is 0 Å². The van der Waals surface area contributed by atoms with Gasteiger partial charge in [-0.15, -0.1) is 0 Å². The largest absolute Gasteiger partial charge is 0.488 e. The highest BCUT2D eigenvalue weighted by atomic mass is 19.2. The SMILES string of the molecule is N#C[C@@H](Cc1ccc2c(c1)OCc1cc(F)c(F)cc1-2)NC(=O)C1(N)CCOCC1. The number of nitrogens with zero attached hydrogens (tertiary/aromatic N) is 1. The number of nitrogens with one attached hydrogen (secondary N) is 1. The van der Waals surface area contributed by atoms with Crippen LogP contribution in [0, 0.1) is 23.0 Å². The van der Waals surface area contributed by atoms with Crippen LogP contribution in [0.3, 0.4) is 0 Å². The summed E-state index contributed by atoms with van der Waals surface area (Å²) in [6, 6.07) is 8.92. The molecule has 0 radical (unpaired) electrons. The highest BCUT2D eigenvalue weighted by molar-refractivity contribution is 5.86. The molecule has 2 aliphatic rings. The Kier molecular flexibility index (Phi) is 5.41. The molecular weight excluding hydrogens is 392 g/mol. The van der Waals surface area contributed by atoms with E-state index in [0.717, 1.165) is 11.6 Å². The first kappa shape index (κ1) is 20.3. The van der Waals surface area contributed by atoms with Crippen LogP contribution >= 0.6 is 0 Å². The average molecular weight is 413 g/mol. The van der Waals surface area contributed by atoms with Crippen LogP contribution in [-0.2, 0) is 22.6 Å². The summed E-state index contributed by atoms with van der Waals surface area (Å²) < 4.78 is 38.1. The Morgan fingerprint density at radius 3 is 2.67 bits per heavy atom. The van der Waals surface area contributed by atoms with Gasteiger partial charge in [-0.3, -0.25) is 4.79 Å². The maximum Gasteiger partial charge on any atom is 0.241 e. The summed E-state index contributed by atoms with van der Waals surface area (Å²) in [6.45, 7) is 0.948. The number of carbonyl (C=O) groups excluding carboxylic acids is 1. The van der Waals surface area contributed by atoms with Crippen molar-refractivity contribution in [1.29, 1.82) is 5.26 Å². The van der Waals surface area contributed by atoms with Gasteiger partial charge in [-0.05, 0) is 42.2 Å². The molecule has 1 fully saturated rings. The molecule has 1 saturated heterocycles. The van der Waals surface area contributed by atoms with Gasteiger partial charge in [0.15, 0.2) is 11.6 Å². The summed E-state index contributed by atoms with van der Waals surface area (Å²) in [4.78, 5) is 12.6. The van der Waals surface area contributed by atoms with E-state index in [4.69, 9.17) is 15.2 Å². The Morgan fingerprint density at radius 2 is 1.93 bits per heavy atom. The van der Waals surface area contributed by atoms with Crippen LogP contribution in [0.1, 0.15) is 24.0 Å². The van der Waals surface area contributed by atoms with E-state index in [0.29, 0.717) is 48.5 Å². The van der Waals surface area contributed by atoms with Gasteiger partial charge in [-0.1, -0.05) is 12.1 Å². The van der Waals surface area contributed by atoms with E-state index in [1.54, 1.807) is 18.2 Å². The van der Waals surface area contributed by atoms with Crippen molar-refractivity contribution in [3.8, 4) is 22.9 Å². The first-order valence-electron chi connectivity index (χ1n) is 9.71. The zero-order valence-corrected chi connectivity index (χ0v) is 16.2. The number of hydrogen-bond acceptors (Lipinski definition) is 5. The second-order valence-electron chi connectivity index (χ2n) is 7.67. The molecule has 2 aliphatic heterocycles. The lowest BCUT2D eigenvalue weighted by Gasteiger charge is -2.32. The quantitative estimate of drug-likeness (QED) is 0.803. The van der Waals surface area contributed by atoms with Crippen molar-refractivity contribution >= 4 is 5.91 Å². The van der Waals surface area contributed by atoms with Gasteiger partial charge in [0.1, 0.15) is 18.4 Å². The van der Waals surface area contributed by atoms with Crippen molar-refractivity contribution in [3.05, 3.63) is 53.1 Å². The molecule has 0 saturated carbocycles. The third kappa shape index (κ3) is 3.86. The molecule has 1 atom stereocenters. The molecule has 2 aromatic rings. The second-order valence-corrected chi connectivity index (χ2v) is 7.67. The third-order valence-electron chi connectivity index (χ3n) is 5.60. The fraction of sp³-hybridized carbons (Fsp3) is 0.364. The van der Waals surface area contributed by atoms with Gasteiger partial charge < -0.3 is 20.5 Å². The van der Waals surface area contributed by atoms with Crippen molar-refractivity contribution in [1.82, 2.24) is 5.32 Å². The second kappa shape index (κ2) is 8.01. The molecular formula is C22H21F2N3O3. The van der Waals surface area contributed by atoms with Crippen LogP contribution in [0.5, 0.6) is 5.75 Å². The minimum Gasteiger partial charge on any atom is -0.488 e. The van der Waals surface area contributed by atoms with Crippen molar-refractivity contribution in [2.75, 3.05) is 13.2 Å². The van der Waals surface area contributed by atoms with Crippen LogP contribution in [0.4, 0.5) is 8.78 Å². The minimum absolute atomic E-state index is 0.124. The molecule has 4 rings (SSSR count). The van der Waals surface area contributed by atoms with Crippen LogP contribution in [0.15, 0.2) is 30.3 Å². The van der Waals surface area contributed by atoms with Gasteiger partial charge in [-0.25, -0.2) is 8.78 Å². The maximum atomic E-state index is 13.7. The lowest BCUT2D eigenvalue weighted by molar-refractivity contribution is -0.130. The fourth-order valence-corrected chi connectivity index (χ4v) is 3.78. The highest BCUT2D eigenvalue weighted by Crippen LogP contribution is 2.39. The molecule has 3 N–H and O–H groups in total. The van der Waals surface area contributed by atoms with E-state index >= 15 is 0 Å². The lowest BCUT2D eigenvalue weighted by atomic mass is 9.89. The number of ether oxygens (including phenoxy) is 2. The Labute approximate surface area is 172 Å². The van der Waals surface area contributed by atoms with E-state index in [1.165, 1.54) is 6.07 Å². The summed E-state index contributed by atoms with van der Waals surface area (Å²) in [5.41, 5.74) is 7.72. The normalized spacial score (nSPS) is 17.7. The van der Waals surface area contributed by atoms with Gasteiger partial charge in [0.05, 0.1) is 11.6 Å². The van der Waals surface area contributed by atoms with Gasteiger partial charge in [0.25, 0.3) is 0 Å². The molecule has 2 aromatic carbocycles. The van der Waals surface area contributed by atoms with Gasteiger partial charge in [0, 0.05) is 30.8 Å². The van der Waals surface area contributed by atoms with E-state index in [9.17, 15) is 18.8 Å². The molecule has 30 heavy (non-hydrogen) atoms. The Morgan fingerprint density at radius 1 is 1.20 bits per heavy atom. The molecule has 0 bridgehead atoms. The molecule has 0 aromatic heterocycles. The number of fused-ring (bicyclic) bond motifs is 3. The summed E-state index contributed by atoms with van der Waals surface area (Å²) in [5, 5.41) is 12.2. The van der Waals surface area contributed by atoms with E-state index < -0.39 is 23.2 Å². The van der Waals surface area contributed by atoms with Crippen molar-refractivity contribution < 1.29 is 23.0 Å². The zero-order chi connectivity index (χ0) is 21.3. The number of rotatable bonds is 4. The Hall–Kier alpha value is -3.02. The van der Waals surface area contributed by atoms with Crippen LogP contribution in [-0.4, -0.2) is 30.7 Å². The Bertz CT molecular complexity index is 1030. The van der Waals surface area contributed by atoms with Crippen LogP contribution < -0.4 is 15.8 Å². The summed E-state index contributed by atoms with van der Waals surface area (Å²) in [7, 11) is 0. The number of hydrogen-bond donors (Lipinski definition) is 2. The predicted octanol–water partition coefficient (Wildman–Crippen LogP) is 2.58. The fourth-order valence-electron chi connectivity index (χ4n) is 3.78. The molecule has 0 aliphatic carbocycles. The van der Waals surface area contributed by atoms with E-state index in [-0.39, 0.29) is 18.9 Å². The highest BCUT2D eigenvalue weighted by Gasteiger charge is 2.37.